The second kappa shape index (κ2) is 6.58. The maximum absolute atomic E-state index is 12.9. The minimum Gasteiger partial charge on any atom is -0.454 e. The van der Waals surface area contributed by atoms with Crippen LogP contribution in [0.2, 0.25) is 5.15 Å². The molecule has 1 aromatic carbocycles. The minimum absolute atomic E-state index is 0.0714. The molecule has 0 amide bonds. The fourth-order valence-electron chi connectivity index (χ4n) is 1.89. The molecule has 0 bridgehead atoms. The highest BCUT2D eigenvalue weighted by Gasteiger charge is 2.14. The number of hydrogen-bond acceptors (Lipinski definition) is 5. The third-order valence-corrected chi connectivity index (χ3v) is 3.32. The van der Waals surface area contributed by atoms with Crippen LogP contribution in [-0.2, 0) is 11.3 Å². The molecule has 0 radical (unpaired) electrons. The highest BCUT2D eigenvalue weighted by molar-refractivity contribution is 6.32. The molecular weight excluding hydrogens is 323 g/mol. The van der Waals surface area contributed by atoms with Crippen molar-refractivity contribution in [2.24, 2.45) is 0 Å². The maximum atomic E-state index is 12.9. The van der Waals surface area contributed by atoms with E-state index < -0.39 is 5.97 Å². The van der Waals surface area contributed by atoms with Gasteiger partial charge in [0.15, 0.2) is 12.4 Å². The summed E-state index contributed by atoms with van der Waals surface area (Å²) in [5.74, 6) is -0.583. The van der Waals surface area contributed by atoms with Crippen molar-refractivity contribution >= 4 is 17.6 Å². The van der Waals surface area contributed by atoms with Crippen molar-refractivity contribution in [3.8, 4) is 11.3 Å². The maximum Gasteiger partial charge on any atom is 0.341 e. The topological polar surface area (TPSA) is 65.2 Å². The van der Waals surface area contributed by atoms with Crippen LogP contribution in [0.3, 0.4) is 0 Å². The smallest absolute Gasteiger partial charge is 0.341 e. The first-order chi connectivity index (χ1) is 11.1. The molecule has 0 saturated heterocycles. The first-order valence-electron chi connectivity index (χ1n) is 6.62. The third kappa shape index (κ3) is 3.54. The van der Waals surface area contributed by atoms with E-state index in [0.717, 1.165) is 0 Å². The van der Waals surface area contributed by atoms with Gasteiger partial charge in [0.25, 0.3) is 0 Å². The van der Waals surface area contributed by atoms with Gasteiger partial charge < -0.3 is 9.26 Å². The Morgan fingerprint density at radius 3 is 2.78 bits per heavy atom. The number of halogens is 2. The fourth-order valence-corrected chi connectivity index (χ4v) is 2.09. The van der Waals surface area contributed by atoms with E-state index in [-0.39, 0.29) is 23.1 Å². The third-order valence-electron chi connectivity index (χ3n) is 3.02. The van der Waals surface area contributed by atoms with Gasteiger partial charge in [-0.05, 0) is 36.4 Å². The van der Waals surface area contributed by atoms with Crippen molar-refractivity contribution in [2.75, 3.05) is 0 Å². The zero-order valence-electron chi connectivity index (χ0n) is 11.7. The summed E-state index contributed by atoms with van der Waals surface area (Å²) < 4.78 is 23.1. The molecule has 0 saturated carbocycles. The standard InChI is InChI=1S/C16H10ClFN2O3/c17-15-13(2-1-7-19-15)16(21)22-9-12-8-14(20-23-12)10-3-5-11(18)6-4-10/h1-8H,9H2. The van der Waals surface area contributed by atoms with E-state index in [0.29, 0.717) is 17.0 Å². The minimum atomic E-state index is -0.608. The number of carbonyl (C=O) groups excluding carboxylic acids is 1. The zero-order chi connectivity index (χ0) is 16.2. The predicted octanol–water partition coefficient (Wildman–Crippen LogP) is 3.89. The highest BCUT2D eigenvalue weighted by Crippen LogP contribution is 2.20. The Morgan fingerprint density at radius 1 is 1.26 bits per heavy atom. The molecule has 0 unspecified atom stereocenters. The van der Waals surface area contributed by atoms with E-state index in [1.165, 1.54) is 24.4 Å². The van der Waals surface area contributed by atoms with Gasteiger partial charge in [0.2, 0.25) is 0 Å². The van der Waals surface area contributed by atoms with Crippen LogP contribution >= 0.6 is 11.6 Å². The lowest BCUT2D eigenvalue weighted by atomic mass is 10.1. The van der Waals surface area contributed by atoms with Gasteiger partial charge in [-0.25, -0.2) is 14.2 Å². The summed E-state index contributed by atoms with van der Waals surface area (Å²) in [5.41, 5.74) is 1.39. The zero-order valence-corrected chi connectivity index (χ0v) is 12.5. The van der Waals surface area contributed by atoms with Gasteiger partial charge in [0, 0.05) is 17.8 Å². The number of aromatic nitrogens is 2. The van der Waals surface area contributed by atoms with Gasteiger partial charge in [0.1, 0.15) is 16.7 Å². The molecule has 0 aliphatic rings. The molecule has 3 rings (SSSR count). The molecule has 0 fully saturated rings. The highest BCUT2D eigenvalue weighted by atomic mass is 35.5. The number of nitrogens with zero attached hydrogens (tertiary/aromatic N) is 2. The predicted molar refractivity (Wildman–Crippen MR) is 80.3 cm³/mol. The van der Waals surface area contributed by atoms with Crippen LogP contribution in [-0.4, -0.2) is 16.1 Å². The molecule has 0 spiro atoms. The van der Waals surface area contributed by atoms with Crippen molar-refractivity contribution < 1.29 is 18.4 Å². The van der Waals surface area contributed by atoms with Crippen molar-refractivity contribution in [1.82, 2.24) is 10.1 Å². The molecule has 7 heteroatoms. The van der Waals surface area contributed by atoms with E-state index in [9.17, 15) is 9.18 Å². The van der Waals surface area contributed by atoms with Crippen molar-refractivity contribution in [2.45, 2.75) is 6.61 Å². The van der Waals surface area contributed by atoms with E-state index in [4.69, 9.17) is 20.9 Å². The number of carbonyl (C=O) groups is 1. The summed E-state index contributed by atoms with van der Waals surface area (Å²) in [6, 6.07) is 10.5. The number of ether oxygens (including phenoxy) is 1. The molecule has 2 heterocycles. The lowest BCUT2D eigenvalue weighted by Crippen LogP contribution is -2.06. The second-order valence-corrected chi connectivity index (χ2v) is 4.96. The van der Waals surface area contributed by atoms with Gasteiger partial charge in [-0.3, -0.25) is 0 Å². The van der Waals surface area contributed by atoms with Crippen LogP contribution < -0.4 is 0 Å². The summed E-state index contributed by atoms with van der Waals surface area (Å²) in [6.45, 7) is -0.0990. The number of esters is 1. The molecule has 23 heavy (non-hydrogen) atoms. The number of pyridine rings is 1. The van der Waals surface area contributed by atoms with Crippen LogP contribution in [0.25, 0.3) is 11.3 Å². The quantitative estimate of drug-likeness (QED) is 0.535. The molecule has 0 aliphatic carbocycles. The molecule has 2 aromatic heterocycles. The average Bonchev–Trinajstić information content (AvgIpc) is 3.03. The lowest BCUT2D eigenvalue weighted by Gasteiger charge is -2.02. The normalized spacial score (nSPS) is 10.5. The summed E-state index contributed by atoms with van der Waals surface area (Å²) in [4.78, 5) is 15.7. The first kappa shape index (κ1) is 15.2. The van der Waals surface area contributed by atoms with Crippen LogP contribution in [0.15, 0.2) is 53.2 Å². The number of rotatable bonds is 4. The average molecular weight is 333 g/mol. The van der Waals surface area contributed by atoms with Gasteiger partial charge in [0.05, 0.1) is 5.56 Å². The SMILES string of the molecule is O=C(OCc1cc(-c2ccc(F)cc2)no1)c1cccnc1Cl. The van der Waals surface area contributed by atoms with E-state index in [2.05, 4.69) is 10.1 Å². The van der Waals surface area contributed by atoms with Crippen LogP contribution in [0.4, 0.5) is 4.39 Å². The number of hydrogen-bond donors (Lipinski definition) is 0. The van der Waals surface area contributed by atoms with E-state index in [1.54, 1.807) is 24.3 Å². The van der Waals surface area contributed by atoms with Gasteiger partial charge in [-0.15, -0.1) is 0 Å². The Balaban J connectivity index is 1.67. The van der Waals surface area contributed by atoms with Gasteiger partial charge in [-0.1, -0.05) is 16.8 Å². The van der Waals surface area contributed by atoms with Crippen molar-refractivity contribution in [3.63, 3.8) is 0 Å². The van der Waals surface area contributed by atoms with Crippen LogP contribution in [0, 0.1) is 5.82 Å². The van der Waals surface area contributed by atoms with Crippen LogP contribution in [0.1, 0.15) is 16.1 Å². The number of benzene rings is 1. The molecule has 116 valence electrons. The monoisotopic (exact) mass is 332 g/mol. The Kier molecular flexibility index (Phi) is 4.34. The Labute approximate surface area is 135 Å². The molecule has 3 aromatic rings. The summed E-state index contributed by atoms with van der Waals surface area (Å²) in [6.07, 6.45) is 1.48. The van der Waals surface area contributed by atoms with Gasteiger partial charge >= 0.3 is 5.97 Å². The fraction of sp³-hybridized carbons (Fsp3) is 0.0625. The summed E-state index contributed by atoms with van der Waals surface area (Å²) >= 11 is 5.82. The van der Waals surface area contributed by atoms with Crippen LogP contribution in [0.5, 0.6) is 0 Å². The molecule has 0 N–H and O–H groups in total. The lowest BCUT2D eigenvalue weighted by molar-refractivity contribution is 0.0437. The van der Waals surface area contributed by atoms with Crippen molar-refractivity contribution in [3.05, 3.63) is 71.0 Å². The van der Waals surface area contributed by atoms with Gasteiger partial charge in [-0.2, -0.15) is 0 Å². The molecule has 5 nitrogen and oxygen atoms in total. The summed E-state index contributed by atoms with van der Waals surface area (Å²) in [5, 5.41) is 3.93. The Morgan fingerprint density at radius 2 is 2.04 bits per heavy atom. The molecule has 0 aliphatic heterocycles. The Bertz CT molecular complexity index is 833. The Hall–Kier alpha value is -2.73. The van der Waals surface area contributed by atoms with E-state index in [1.807, 2.05) is 0 Å². The van der Waals surface area contributed by atoms with E-state index >= 15 is 0 Å². The first-order valence-corrected chi connectivity index (χ1v) is 7.00. The van der Waals surface area contributed by atoms with Crippen molar-refractivity contribution in [1.29, 1.82) is 0 Å². The second-order valence-electron chi connectivity index (χ2n) is 4.60. The molecular formula is C16H10ClFN2O3. The summed E-state index contributed by atoms with van der Waals surface area (Å²) in [7, 11) is 0. The molecule has 0 atom stereocenters. The largest absolute Gasteiger partial charge is 0.454 e.